The second-order valence-electron chi connectivity index (χ2n) is 4.16. The van der Waals surface area contributed by atoms with Gasteiger partial charge in [-0.2, -0.15) is 0 Å². The number of carbonyl (C=O) groups excluding carboxylic acids is 1. The number of rotatable bonds is 3. The molecule has 1 amide bonds. The maximum absolute atomic E-state index is 12.8. The fourth-order valence-electron chi connectivity index (χ4n) is 1.70. The highest BCUT2D eigenvalue weighted by molar-refractivity contribution is 6.02. The predicted octanol–water partition coefficient (Wildman–Crippen LogP) is 2.04. The van der Waals surface area contributed by atoms with Gasteiger partial charge in [-0.25, -0.2) is 14.4 Å². The number of amides is 1. The van der Waals surface area contributed by atoms with Crippen molar-refractivity contribution in [3.05, 3.63) is 48.4 Å². The van der Waals surface area contributed by atoms with E-state index < -0.39 is 5.91 Å². The van der Waals surface area contributed by atoms with Crippen LogP contribution in [0.3, 0.4) is 0 Å². The number of nitrogens with one attached hydrogen (secondary N) is 2. The number of nitrogens with two attached hydrogens (primary N) is 1. The summed E-state index contributed by atoms with van der Waals surface area (Å²) in [7, 11) is 0. The van der Waals surface area contributed by atoms with Crippen molar-refractivity contribution in [2.24, 2.45) is 0 Å². The molecule has 0 unspecified atom stereocenters. The number of hydrogen-bond donors (Lipinski definition) is 3. The molecule has 106 valence electrons. The van der Waals surface area contributed by atoms with E-state index in [0.717, 1.165) is 0 Å². The van der Waals surface area contributed by atoms with Gasteiger partial charge in [0.15, 0.2) is 11.5 Å². The van der Waals surface area contributed by atoms with Gasteiger partial charge < -0.3 is 20.5 Å². The van der Waals surface area contributed by atoms with E-state index in [-0.39, 0.29) is 23.2 Å². The van der Waals surface area contributed by atoms with Crippen LogP contribution in [-0.4, -0.2) is 20.9 Å². The van der Waals surface area contributed by atoms with Gasteiger partial charge in [-0.15, -0.1) is 0 Å². The summed E-state index contributed by atoms with van der Waals surface area (Å²) >= 11 is 0. The zero-order valence-electron chi connectivity index (χ0n) is 10.6. The Morgan fingerprint density at radius 3 is 2.76 bits per heavy atom. The van der Waals surface area contributed by atoms with Gasteiger partial charge in [-0.05, 0) is 24.3 Å². The van der Waals surface area contributed by atoms with Crippen LogP contribution in [0.4, 0.5) is 15.9 Å². The van der Waals surface area contributed by atoms with Crippen LogP contribution in [0, 0.1) is 5.82 Å². The fraction of sp³-hybridized carbons (Fsp3) is 0. The van der Waals surface area contributed by atoms with Crippen LogP contribution >= 0.6 is 0 Å². The van der Waals surface area contributed by atoms with Crippen molar-refractivity contribution in [1.82, 2.24) is 15.0 Å². The van der Waals surface area contributed by atoms with Gasteiger partial charge in [0.25, 0.3) is 5.91 Å². The van der Waals surface area contributed by atoms with Crippen molar-refractivity contribution in [2.75, 3.05) is 11.1 Å². The van der Waals surface area contributed by atoms with Crippen LogP contribution in [0.15, 0.2) is 41.3 Å². The van der Waals surface area contributed by atoms with Gasteiger partial charge >= 0.3 is 0 Å². The average molecular weight is 287 g/mol. The highest BCUT2D eigenvalue weighted by Crippen LogP contribution is 2.21. The minimum Gasteiger partial charge on any atom is -0.442 e. The Hall–Kier alpha value is -3.16. The van der Waals surface area contributed by atoms with E-state index in [1.54, 1.807) is 0 Å². The lowest BCUT2D eigenvalue weighted by Gasteiger charge is -2.01. The Labute approximate surface area is 118 Å². The molecule has 0 saturated carbocycles. The van der Waals surface area contributed by atoms with E-state index in [9.17, 15) is 9.18 Å². The van der Waals surface area contributed by atoms with Crippen LogP contribution in [0.2, 0.25) is 0 Å². The molecule has 21 heavy (non-hydrogen) atoms. The first-order valence-electron chi connectivity index (χ1n) is 5.95. The summed E-state index contributed by atoms with van der Waals surface area (Å²) in [4.78, 5) is 22.6. The number of anilines is 2. The van der Waals surface area contributed by atoms with Gasteiger partial charge in [0.2, 0.25) is 5.89 Å². The SMILES string of the molecule is Nc1nc[nH]c1-c1nc(C(=O)Nc2ccc(F)cc2)co1. The summed E-state index contributed by atoms with van der Waals surface area (Å²) < 4.78 is 18.0. The van der Waals surface area contributed by atoms with Crippen molar-refractivity contribution in [1.29, 1.82) is 0 Å². The molecular formula is C13H10FN5O2. The maximum Gasteiger partial charge on any atom is 0.277 e. The summed E-state index contributed by atoms with van der Waals surface area (Å²) in [5, 5.41) is 2.57. The number of oxazole rings is 1. The van der Waals surface area contributed by atoms with Gasteiger partial charge in [0.05, 0.1) is 6.33 Å². The normalized spacial score (nSPS) is 10.5. The summed E-state index contributed by atoms with van der Waals surface area (Å²) in [6, 6.07) is 5.38. The molecular weight excluding hydrogens is 277 g/mol. The van der Waals surface area contributed by atoms with E-state index in [2.05, 4.69) is 20.3 Å². The van der Waals surface area contributed by atoms with E-state index in [0.29, 0.717) is 11.4 Å². The summed E-state index contributed by atoms with van der Waals surface area (Å²) in [5.74, 6) is -0.474. The Bertz CT molecular complexity index is 778. The lowest BCUT2D eigenvalue weighted by Crippen LogP contribution is -2.12. The molecule has 0 aliphatic carbocycles. The first-order chi connectivity index (χ1) is 10.1. The Morgan fingerprint density at radius 2 is 2.10 bits per heavy atom. The third-order valence-electron chi connectivity index (χ3n) is 2.72. The van der Waals surface area contributed by atoms with Crippen LogP contribution in [0.1, 0.15) is 10.5 Å². The van der Waals surface area contributed by atoms with Gasteiger partial charge in [0.1, 0.15) is 17.8 Å². The molecule has 4 N–H and O–H groups in total. The number of carbonyl (C=O) groups is 1. The minimum atomic E-state index is -0.477. The highest BCUT2D eigenvalue weighted by atomic mass is 19.1. The molecule has 0 aliphatic heterocycles. The largest absolute Gasteiger partial charge is 0.442 e. The zero-order valence-corrected chi connectivity index (χ0v) is 10.6. The van der Waals surface area contributed by atoms with E-state index in [4.69, 9.17) is 10.2 Å². The van der Waals surface area contributed by atoms with Crippen LogP contribution < -0.4 is 11.1 Å². The standard InChI is InChI=1S/C13H10FN5O2/c14-7-1-3-8(4-2-7)18-12(20)9-5-21-13(19-9)10-11(15)17-6-16-10/h1-6H,15H2,(H,16,17)(H,18,20). The smallest absolute Gasteiger partial charge is 0.277 e. The molecule has 0 fully saturated rings. The summed E-state index contributed by atoms with van der Waals surface area (Å²) in [5.41, 5.74) is 6.54. The van der Waals surface area contributed by atoms with Crippen LogP contribution in [0.5, 0.6) is 0 Å². The molecule has 3 aromatic rings. The highest BCUT2D eigenvalue weighted by Gasteiger charge is 2.16. The molecule has 8 heteroatoms. The molecule has 3 rings (SSSR count). The number of H-pyrrole nitrogens is 1. The van der Waals surface area contributed by atoms with Crippen molar-refractivity contribution >= 4 is 17.4 Å². The van der Waals surface area contributed by atoms with Gasteiger partial charge in [0, 0.05) is 5.69 Å². The van der Waals surface area contributed by atoms with E-state index in [1.807, 2.05) is 0 Å². The maximum atomic E-state index is 12.8. The Morgan fingerprint density at radius 1 is 1.33 bits per heavy atom. The molecule has 0 atom stereocenters. The van der Waals surface area contributed by atoms with Crippen molar-refractivity contribution in [3.63, 3.8) is 0 Å². The molecule has 0 spiro atoms. The van der Waals surface area contributed by atoms with Crippen molar-refractivity contribution in [2.45, 2.75) is 0 Å². The van der Waals surface area contributed by atoms with E-state index >= 15 is 0 Å². The van der Waals surface area contributed by atoms with Gasteiger partial charge in [-0.1, -0.05) is 0 Å². The first-order valence-corrected chi connectivity index (χ1v) is 5.95. The molecule has 0 radical (unpaired) electrons. The molecule has 0 saturated heterocycles. The Kier molecular flexibility index (Phi) is 3.11. The number of aromatic amines is 1. The van der Waals surface area contributed by atoms with Crippen LogP contribution in [0.25, 0.3) is 11.6 Å². The molecule has 1 aromatic carbocycles. The average Bonchev–Trinajstić information content (AvgIpc) is 3.09. The summed E-state index contributed by atoms with van der Waals surface area (Å²) in [6.07, 6.45) is 2.60. The monoisotopic (exact) mass is 287 g/mol. The number of nitrogen functional groups attached to an aromatic ring is 1. The number of nitrogens with zero attached hydrogens (tertiary/aromatic N) is 2. The quantitative estimate of drug-likeness (QED) is 0.682. The molecule has 0 bridgehead atoms. The molecule has 2 aromatic heterocycles. The topological polar surface area (TPSA) is 110 Å². The second-order valence-corrected chi connectivity index (χ2v) is 4.16. The minimum absolute atomic E-state index is 0.0725. The number of imidazole rings is 1. The number of benzene rings is 1. The second kappa shape index (κ2) is 5.08. The van der Waals surface area contributed by atoms with Gasteiger partial charge in [-0.3, -0.25) is 4.79 Å². The van der Waals surface area contributed by atoms with Crippen LogP contribution in [-0.2, 0) is 0 Å². The molecule has 7 nitrogen and oxygen atoms in total. The number of aromatic nitrogens is 3. The zero-order chi connectivity index (χ0) is 14.8. The summed E-state index contributed by atoms with van der Waals surface area (Å²) in [6.45, 7) is 0. The van der Waals surface area contributed by atoms with E-state index in [1.165, 1.54) is 36.9 Å². The molecule has 2 heterocycles. The number of hydrogen-bond acceptors (Lipinski definition) is 5. The molecule has 0 aliphatic rings. The number of halogens is 1. The first kappa shape index (κ1) is 12.9. The third-order valence-corrected chi connectivity index (χ3v) is 2.72. The third kappa shape index (κ3) is 2.59. The predicted molar refractivity (Wildman–Crippen MR) is 72.9 cm³/mol. The fourth-order valence-corrected chi connectivity index (χ4v) is 1.70. The Balaban J connectivity index is 1.78. The van der Waals surface area contributed by atoms with Crippen molar-refractivity contribution in [3.8, 4) is 11.6 Å². The lowest BCUT2D eigenvalue weighted by molar-refractivity contribution is 0.102. The van der Waals surface area contributed by atoms with Crippen molar-refractivity contribution < 1.29 is 13.6 Å². The lowest BCUT2D eigenvalue weighted by atomic mass is 10.3.